The fourth-order valence-electron chi connectivity index (χ4n) is 1.95. The largest absolute Gasteiger partial charge is 0.454 e. The van der Waals surface area contributed by atoms with Crippen LogP contribution in [0.4, 0.5) is 0 Å². The maximum atomic E-state index is 12.0. The van der Waals surface area contributed by atoms with Crippen LogP contribution < -0.4 is 15.2 Å². The van der Waals surface area contributed by atoms with Crippen LogP contribution in [0.5, 0.6) is 11.5 Å². The molecule has 0 aromatic heterocycles. The van der Waals surface area contributed by atoms with Gasteiger partial charge >= 0.3 is 0 Å². The van der Waals surface area contributed by atoms with Crippen molar-refractivity contribution < 1.29 is 14.3 Å². The van der Waals surface area contributed by atoms with Gasteiger partial charge in [-0.15, -0.1) is 6.58 Å². The van der Waals surface area contributed by atoms with E-state index in [1.165, 1.54) is 0 Å². The number of carbonyl (C=O) groups excluding carboxylic acids is 1. The molecule has 0 radical (unpaired) electrons. The summed E-state index contributed by atoms with van der Waals surface area (Å²) in [5.74, 6) is 1.35. The van der Waals surface area contributed by atoms with Crippen molar-refractivity contribution in [2.75, 3.05) is 13.8 Å². The Morgan fingerprint density at radius 2 is 2.26 bits per heavy atom. The van der Waals surface area contributed by atoms with Crippen LogP contribution >= 0.6 is 0 Å². The number of fused-ring (bicyclic) bond motifs is 1. The molecular formula is C14H18N2O3. The van der Waals surface area contributed by atoms with E-state index in [0.717, 1.165) is 11.3 Å². The SMILES string of the molecule is C=CCC(N)C(=O)N(C)Cc1ccc2c(c1)OCO2. The zero-order valence-corrected chi connectivity index (χ0v) is 11.0. The van der Waals surface area contributed by atoms with Gasteiger partial charge in [0.2, 0.25) is 12.7 Å². The lowest BCUT2D eigenvalue weighted by atomic mass is 10.1. The number of nitrogens with two attached hydrogens (primary N) is 1. The number of carbonyl (C=O) groups is 1. The van der Waals surface area contributed by atoms with Crippen molar-refractivity contribution >= 4 is 5.91 Å². The van der Waals surface area contributed by atoms with Gasteiger partial charge in [-0.1, -0.05) is 12.1 Å². The number of likely N-dealkylation sites (N-methyl/N-ethyl adjacent to an activating group) is 1. The van der Waals surface area contributed by atoms with Gasteiger partial charge in [0.1, 0.15) is 0 Å². The molecule has 0 fully saturated rings. The summed E-state index contributed by atoms with van der Waals surface area (Å²) in [6.07, 6.45) is 2.13. The van der Waals surface area contributed by atoms with Crippen LogP contribution in [-0.4, -0.2) is 30.7 Å². The lowest BCUT2D eigenvalue weighted by Gasteiger charge is -2.20. The predicted octanol–water partition coefficient (Wildman–Crippen LogP) is 1.28. The number of hydrogen-bond donors (Lipinski definition) is 1. The van der Waals surface area contributed by atoms with Gasteiger partial charge in [0.05, 0.1) is 6.04 Å². The lowest BCUT2D eigenvalue weighted by molar-refractivity contribution is -0.131. The van der Waals surface area contributed by atoms with E-state index < -0.39 is 6.04 Å². The molecule has 1 heterocycles. The van der Waals surface area contributed by atoms with E-state index in [0.29, 0.717) is 18.7 Å². The van der Waals surface area contributed by atoms with Crippen LogP contribution in [0.3, 0.4) is 0 Å². The molecule has 102 valence electrons. The molecule has 1 aromatic rings. The van der Waals surface area contributed by atoms with Crippen LogP contribution in [0, 0.1) is 0 Å². The van der Waals surface area contributed by atoms with Gasteiger partial charge in [-0.25, -0.2) is 0 Å². The summed E-state index contributed by atoms with van der Waals surface area (Å²) in [7, 11) is 1.73. The summed E-state index contributed by atoms with van der Waals surface area (Å²) in [5.41, 5.74) is 6.74. The Labute approximate surface area is 112 Å². The molecule has 19 heavy (non-hydrogen) atoms. The number of amides is 1. The predicted molar refractivity (Wildman–Crippen MR) is 71.8 cm³/mol. The minimum atomic E-state index is -0.531. The third-order valence-electron chi connectivity index (χ3n) is 2.97. The first-order valence-corrected chi connectivity index (χ1v) is 6.12. The van der Waals surface area contributed by atoms with Crippen molar-refractivity contribution in [1.82, 2.24) is 4.90 Å². The van der Waals surface area contributed by atoms with Gasteiger partial charge in [-0.3, -0.25) is 4.79 Å². The second-order valence-corrected chi connectivity index (χ2v) is 4.51. The molecule has 5 heteroatoms. The van der Waals surface area contributed by atoms with Crippen molar-refractivity contribution in [3.05, 3.63) is 36.4 Å². The first kappa shape index (κ1) is 13.4. The number of ether oxygens (including phenoxy) is 2. The maximum absolute atomic E-state index is 12.0. The highest BCUT2D eigenvalue weighted by molar-refractivity contribution is 5.81. The Hall–Kier alpha value is -2.01. The molecule has 2 rings (SSSR count). The molecule has 5 nitrogen and oxygen atoms in total. The fourth-order valence-corrected chi connectivity index (χ4v) is 1.95. The molecule has 1 aliphatic rings. The van der Waals surface area contributed by atoms with Gasteiger partial charge < -0.3 is 20.1 Å². The van der Waals surface area contributed by atoms with Gasteiger partial charge in [0, 0.05) is 13.6 Å². The Balaban J connectivity index is 2.00. The second-order valence-electron chi connectivity index (χ2n) is 4.51. The molecule has 0 bridgehead atoms. The minimum Gasteiger partial charge on any atom is -0.454 e. The molecule has 0 saturated heterocycles. The van der Waals surface area contributed by atoms with Gasteiger partial charge in [-0.05, 0) is 24.1 Å². The average Bonchev–Trinajstić information content (AvgIpc) is 2.85. The van der Waals surface area contributed by atoms with Crippen molar-refractivity contribution in [1.29, 1.82) is 0 Å². The quantitative estimate of drug-likeness (QED) is 0.812. The fraction of sp³-hybridized carbons (Fsp3) is 0.357. The normalized spacial score (nSPS) is 14.0. The van der Waals surface area contributed by atoms with E-state index in [2.05, 4.69) is 6.58 Å². The van der Waals surface area contributed by atoms with Gasteiger partial charge in [0.25, 0.3) is 0 Å². The number of nitrogens with zero attached hydrogens (tertiary/aromatic N) is 1. The molecule has 1 aromatic carbocycles. The smallest absolute Gasteiger partial charge is 0.239 e. The summed E-state index contributed by atoms with van der Waals surface area (Å²) < 4.78 is 10.5. The molecule has 1 amide bonds. The zero-order chi connectivity index (χ0) is 13.8. The molecule has 1 atom stereocenters. The summed E-state index contributed by atoms with van der Waals surface area (Å²) in [5, 5.41) is 0. The standard InChI is InChI=1S/C14H18N2O3/c1-3-4-11(15)14(17)16(2)8-10-5-6-12-13(7-10)19-9-18-12/h3,5-7,11H,1,4,8-9,15H2,2H3. The number of benzene rings is 1. The first-order valence-electron chi connectivity index (χ1n) is 6.12. The zero-order valence-electron chi connectivity index (χ0n) is 11.0. The maximum Gasteiger partial charge on any atom is 0.239 e. The van der Waals surface area contributed by atoms with Crippen LogP contribution in [0.15, 0.2) is 30.9 Å². The van der Waals surface area contributed by atoms with Gasteiger partial charge in [-0.2, -0.15) is 0 Å². The van der Waals surface area contributed by atoms with Crippen LogP contribution in [-0.2, 0) is 11.3 Å². The molecule has 1 unspecified atom stereocenters. The monoisotopic (exact) mass is 262 g/mol. The van der Waals surface area contributed by atoms with Gasteiger partial charge in [0.15, 0.2) is 11.5 Å². The summed E-state index contributed by atoms with van der Waals surface area (Å²) in [6, 6.07) is 5.11. The van der Waals surface area contributed by atoms with Crippen molar-refractivity contribution in [2.24, 2.45) is 5.73 Å². The Bertz CT molecular complexity index is 488. The van der Waals surface area contributed by atoms with Crippen molar-refractivity contribution in [3.8, 4) is 11.5 Å². The highest BCUT2D eigenvalue weighted by atomic mass is 16.7. The van der Waals surface area contributed by atoms with Crippen molar-refractivity contribution in [2.45, 2.75) is 19.0 Å². The molecule has 2 N–H and O–H groups in total. The second kappa shape index (κ2) is 5.75. The third kappa shape index (κ3) is 3.06. The van der Waals surface area contributed by atoms with E-state index in [4.69, 9.17) is 15.2 Å². The highest BCUT2D eigenvalue weighted by Gasteiger charge is 2.18. The molecule has 1 aliphatic heterocycles. The first-order chi connectivity index (χ1) is 9.11. The van der Waals surface area contributed by atoms with E-state index in [9.17, 15) is 4.79 Å². The van der Waals surface area contributed by atoms with Crippen LogP contribution in [0.1, 0.15) is 12.0 Å². The molecular weight excluding hydrogens is 244 g/mol. The van der Waals surface area contributed by atoms with E-state index in [1.807, 2.05) is 18.2 Å². The number of rotatable bonds is 5. The topological polar surface area (TPSA) is 64.8 Å². The Morgan fingerprint density at radius 1 is 1.53 bits per heavy atom. The highest BCUT2D eigenvalue weighted by Crippen LogP contribution is 2.32. The van der Waals surface area contributed by atoms with E-state index in [-0.39, 0.29) is 12.7 Å². The molecule has 0 saturated carbocycles. The van der Waals surface area contributed by atoms with E-state index in [1.54, 1.807) is 18.0 Å². The summed E-state index contributed by atoms with van der Waals surface area (Å²) in [6.45, 7) is 4.32. The average molecular weight is 262 g/mol. The van der Waals surface area contributed by atoms with Crippen LogP contribution in [0.25, 0.3) is 0 Å². The third-order valence-corrected chi connectivity index (χ3v) is 2.97. The Morgan fingerprint density at radius 3 is 3.00 bits per heavy atom. The van der Waals surface area contributed by atoms with E-state index >= 15 is 0 Å². The number of hydrogen-bond acceptors (Lipinski definition) is 4. The van der Waals surface area contributed by atoms with Crippen molar-refractivity contribution in [3.63, 3.8) is 0 Å². The lowest BCUT2D eigenvalue weighted by Crippen LogP contribution is -2.41. The molecule has 0 spiro atoms. The van der Waals surface area contributed by atoms with Crippen LogP contribution in [0.2, 0.25) is 0 Å². The Kier molecular flexibility index (Phi) is 4.06. The summed E-state index contributed by atoms with van der Waals surface area (Å²) in [4.78, 5) is 13.6. The minimum absolute atomic E-state index is 0.0995. The molecule has 0 aliphatic carbocycles. The summed E-state index contributed by atoms with van der Waals surface area (Å²) >= 11 is 0.